The van der Waals surface area contributed by atoms with Gasteiger partial charge in [0.1, 0.15) is 6.04 Å². The zero-order valence-corrected chi connectivity index (χ0v) is 22.0. The quantitative estimate of drug-likeness (QED) is 0.344. The van der Waals surface area contributed by atoms with Crippen molar-refractivity contribution in [1.29, 1.82) is 0 Å². The number of carbonyl (C=O) groups is 3. The minimum atomic E-state index is -0.538. The highest BCUT2D eigenvalue weighted by Gasteiger charge is 2.77. The van der Waals surface area contributed by atoms with Gasteiger partial charge in [0.25, 0.3) is 5.91 Å². The number of hydrogen-bond donors (Lipinski definition) is 2. The smallest absolute Gasteiger partial charge is 0.255 e. The number of fused-ring (bicyclic) bond motifs is 2. The molecule has 0 aromatic heterocycles. The van der Waals surface area contributed by atoms with Crippen molar-refractivity contribution in [2.45, 2.75) is 108 Å². The second-order valence-electron chi connectivity index (χ2n) is 13.2. The highest BCUT2D eigenvalue weighted by molar-refractivity contribution is 6.05. The average molecular weight is 504 g/mol. The van der Waals surface area contributed by atoms with Crippen molar-refractivity contribution in [3.63, 3.8) is 0 Å². The predicted octanol–water partition coefficient (Wildman–Crippen LogP) is 4.50. The highest BCUT2D eigenvalue weighted by atomic mass is 16.2. The number of nitrogens with zero attached hydrogens (tertiary/aromatic N) is 1. The van der Waals surface area contributed by atoms with Crippen LogP contribution in [0.25, 0.3) is 0 Å². The summed E-state index contributed by atoms with van der Waals surface area (Å²) in [4.78, 5) is 38.5. The van der Waals surface area contributed by atoms with Crippen LogP contribution >= 0.6 is 0 Å². The van der Waals surface area contributed by atoms with E-state index in [1.165, 1.54) is 63.5 Å². The van der Waals surface area contributed by atoms with Crippen LogP contribution in [0.4, 0.5) is 0 Å². The van der Waals surface area contributed by atoms with Gasteiger partial charge in [-0.25, -0.2) is 0 Å². The molecule has 6 nitrogen and oxygen atoms in total. The molecule has 0 radical (unpaired) electrons. The number of hydrogen-bond acceptors (Lipinski definition) is 4. The van der Waals surface area contributed by atoms with E-state index in [4.69, 9.17) is 0 Å². The van der Waals surface area contributed by atoms with E-state index in [1.807, 2.05) is 12.1 Å². The van der Waals surface area contributed by atoms with E-state index in [2.05, 4.69) is 16.7 Å². The number of imide groups is 1. The maximum atomic E-state index is 13.0. The Morgan fingerprint density at radius 2 is 1.70 bits per heavy atom. The number of piperidine rings is 1. The number of nitrogens with one attached hydrogen (secondary N) is 2. The molecule has 1 saturated heterocycles. The maximum Gasteiger partial charge on any atom is 0.255 e. The van der Waals surface area contributed by atoms with Gasteiger partial charge in [-0.15, -0.1) is 0 Å². The lowest BCUT2D eigenvalue weighted by atomic mass is 9.38. The molecule has 1 aromatic rings. The summed E-state index contributed by atoms with van der Waals surface area (Å²) in [6, 6.07) is 5.45. The molecule has 6 aliphatic rings. The van der Waals surface area contributed by atoms with Crippen LogP contribution in [0.5, 0.6) is 0 Å². The second-order valence-corrected chi connectivity index (χ2v) is 13.2. The molecule has 1 spiro atoms. The Morgan fingerprint density at radius 3 is 2.43 bits per heavy atom. The molecule has 4 saturated carbocycles. The van der Waals surface area contributed by atoms with Crippen molar-refractivity contribution in [3.8, 4) is 0 Å². The third-order valence-corrected chi connectivity index (χ3v) is 11.4. The molecule has 3 amide bonds. The molecule has 3 atom stereocenters. The SMILES string of the molecule is O=C1CCC(N2Cc3c(CCCCCCCCNC45CC6CC7CC(C4)C76C5)cccc3C2=O)C(=O)N1. The molecular weight excluding hydrogens is 462 g/mol. The third-order valence-electron chi connectivity index (χ3n) is 11.4. The van der Waals surface area contributed by atoms with Crippen LogP contribution in [0.3, 0.4) is 0 Å². The van der Waals surface area contributed by atoms with Gasteiger partial charge in [0.2, 0.25) is 11.8 Å². The summed E-state index contributed by atoms with van der Waals surface area (Å²) < 4.78 is 0. The van der Waals surface area contributed by atoms with E-state index in [1.54, 1.807) is 17.7 Å². The van der Waals surface area contributed by atoms with Crippen LogP contribution in [0.15, 0.2) is 18.2 Å². The minimum absolute atomic E-state index is 0.0746. The van der Waals surface area contributed by atoms with Crippen LogP contribution in [-0.4, -0.2) is 40.7 Å². The van der Waals surface area contributed by atoms with Crippen LogP contribution in [-0.2, 0) is 22.6 Å². The number of amides is 3. The fourth-order valence-electron chi connectivity index (χ4n) is 9.67. The fourth-order valence-corrected chi connectivity index (χ4v) is 9.67. The average Bonchev–Trinajstić information content (AvgIpc) is 3.47. The van der Waals surface area contributed by atoms with Crippen molar-refractivity contribution in [3.05, 3.63) is 34.9 Å². The molecule has 2 bridgehead atoms. The highest BCUT2D eigenvalue weighted by Crippen LogP contribution is 2.82. The zero-order valence-electron chi connectivity index (χ0n) is 22.0. The molecule has 3 unspecified atom stereocenters. The lowest BCUT2D eigenvalue weighted by Gasteiger charge is -2.66. The predicted molar refractivity (Wildman–Crippen MR) is 141 cm³/mol. The van der Waals surface area contributed by atoms with Crippen molar-refractivity contribution in [1.82, 2.24) is 15.5 Å². The van der Waals surface area contributed by atoms with Crippen molar-refractivity contribution < 1.29 is 14.4 Å². The molecule has 2 aliphatic heterocycles. The van der Waals surface area contributed by atoms with E-state index < -0.39 is 6.04 Å². The van der Waals surface area contributed by atoms with Gasteiger partial charge in [-0.05, 0) is 105 Å². The third kappa shape index (κ3) is 3.72. The summed E-state index contributed by atoms with van der Waals surface area (Å²) in [5.74, 6) is 2.59. The summed E-state index contributed by atoms with van der Waals surface area (Å²) in [5.41, 5.74) is 4.39. The molecule has 5 fully saturated rings. The Hall–Kier alpha value is -2.21. The first kappa shape index (κ1) is 23.9. The number of aryl methyl sites for hydroxylation is 1. The molecular formula is C31H41N3O3. The molecule has 4 aliphatic carbocycles. The number of rotatable bonds is 11. The van der Waals surface area contributed by atoms with Crippen molar-refractivity contribution >= 4 is 17.7 Å². The van der Waals surface area contributed by atoms with Crippen LogP contribution < -0.4 is 10.6 Å². The van der Waals surface area contributed by atoms with Crippen molar-refractivity contribution in [2.24, 2.45) is 23.2 Å². The molecule has 1 aromatic carbocycles. The van der Waals surface area contributed by atoms with Gasteiger partial charge in [-0.2, -0.15) is 0 Å². The van der Waals surface area contributed by atoms with Gasteiger partial charge in [0.15, 0.2) is 0 Å². The van der Waals surface area contributed by atoms with Gasteiger partial charge < -0.3 is 10.2 Å². The van der Waals surface area contributed by atoms with E-state index in [0.717, 1.165) is 47.1 Å². The Bertz CT molecular complexity index is 1110. The van der Waals surface area contributed by atoms with E-state index >= 15 is 0 Å². The molecule has 198 valence electrons. The summed E-state index contributed by atoms with van der Waals surface area (Å²) in [7, 11) is 0. The van der Waals surface area contributed by atoms with Gasteiger partial charge in [0.05, 0.1) is 0 Å². The maximum absolute atomic E-state index is 13.0. The van der Waals surface area contributed by atoms with E-state index in [-0.39, 0.29) is 17.7 Å². The number of benzene rings is 1. The number of carbonyl (C=O) groups excluding carboxylic acids is 3. The van der Waals surface area contributed by atoms with E-state index in [9.17, 15) is 14.4 Å². The van der Waals surface area contributed by atoms with Gasteiger partial charge in [-0.1, -0.05) is 37.8 Å². The van der Waals surface area contributed by atoms with Crippen LogP contribution in [0, 0.1) is 23.2 Å². The lowest BCUT2D eigenvalue weighted by molar-refractivity contribution is -0.175. The Labute approximate surface area is 220 Å². The van der Waals surface area contributed by atoms with Crippen LogP contribution in [0.1, 0.15) is 105 Å². The molecule has 6 heteroatoms. The van der Waals surface area contributed by atoms with Gasteiger partial charge >= 0.3 is 0 Å². The van der Waals surface area contributed by atoms with Crippen molar-refractivity contribution in [2.75, 3.05) is 6.54 Å². The topological polar surface area (TPSA) is 78.5 Å². The lowest BCUT2D eigenvalue weighted by Crippen LogP contribution is -2.60. The molecule has 2 heterocycles. The van der Waals surface area contributed by atoms with E-state index in [0.29, 0.717) is 24.9 Å². The largest absolute Gasteiger partial charge is 0.322 e. The van der Waals surface area contributed by atoms with Gasteiger partial charge in [0, 0.05) is 24.1 Å². The first-order chi connectivity index (χ1) is 18.0. The summed E-state index contributed by atoms with van der Waals surface area (Å²) >= 11 is 0. The molecule has 2 N–H and O–H groups in total. The Kier molecular flexibility index (Phi) is 5.76. The normalized spacial score (nSPS) is 36.8. The minimum Gasteiger partial charge on any atom is -0.322 e. The molecule has 37 heavy (non-hydrogen) atoms. The summed E-state index contributed by atoms with van der Waals surface area (Å²) in [6.45, 7) is 1.68. The first-order valence-electron chi connectivity index (χ1n) is 15.0. The summed E-state index contributed by atoms with van der Waals surface area (Å²) in [6.07, 6.45) is 16.8. The second kappa shape index (κ2) is 8.93. The first-order valence-corrected chi connectivity index (χ1v) is 15.0. The Balaban J connectivity index is 0.818. The van der Waals surface area contributed by atoms with Crippen LogP contribution in [0.2, 0.25) is 0 Å². The monoisotopic (exact) mass is 503 g/mol. The Morgan fingerprint density at radius 1 is 0.946 bits per heavy atom. The zero-order chi connectivity index (χ0) is 25.2. The summed E-state index contributed by atoms with van der Waals surface area (Å²) in [5, 5.41) is 6.44. The number of unbranched alkanes of at least 4 members (excludes halogenated alkanes) is 5. The standard InChI is InChI=1S/C31H41N3O3/c35-27-12-11-26(28(36)33-27)34-18-25-20(9-7-10-24(25)29(34)37)8-5-3-1-2-4-6-13-32-30-16-22-14-21-15-23(17-30)31(21,22)19-30/h7,9-10,21-23,26,32H,1-6,8,11-19H2,(H,33,35,36). The molecule has 7 rings (SSSR count). The fraction of sp³-hybridized carbons (Fsp3) is 0.710. The van der Waals surface area contributed by atoms with Gasteiger partial charge in [-0.3, -0.25) is 19.7 Å².